The average Bonchev–Trinajstić information content (AvgIpc) is 2.32. The van der Waals surface area contributed by atoms with Crippen LogP contribution in [0.25, 0.3) is 0 Å². The molecule has 0 aromatic heterocycles. The largest absolute Gasteiger partial charge is 0.432 e. The van der Waals surface area contributed by atoms with Crippen molar-refractivity contribution in [2.45, 2.75) is 26.5 Å². The minimum Gasteiger partial charge on any atom is -0.432 e. The monoisotopic (exact) mass is 326 g/mol. The molecule has 0 radical (unpaired) electrons. The maximum Gasteiger partial charge on any atom is 0.387 e. The molecular weight excluding hydrogens is 313 g/mol. The summed E-state index contributed by atoms with van der Waals surface area (Å²) in [6.07, 6.45) is 0. The van der Waals surface area contributed by atoms with E-state index in [-0.39, 0.29) is 33.4 Å². The molecule has 1 aromatic carbocycles. The number of halogens is 4. The number of hydrogen-bond donors (Lipinski definition) is 2. The Morgan fingerprint density at radius 1 is 1.30 bits per heavy atom. The van der Waals surface area contributed by atoms with Crippen molar-refractivity contribution in [1.82, 2.24) is 0 Å². The Bertz CT molecular complexity index is 475. The fourth-order valence-corrected chi connectivity index (χ4v) is 1.90. The van der Waals surface area contributed by atoms with Gasteiger partial charge in [0.1, 0.15) is 0 Å². The first-order valence-corrected chi connectivity index (χ1v) is 6.48. The molecule has 0 bridgehead atoms. The molecule has 0 spiro atoms. The predicted molar refractivity (Wildman–Crippen MR) is 74.5 cm³/mol. The molecule has 8 heteroatoms. The molecule has 0 saturated heterocycles. The summed E-state index contributed by atoms with van der Waals surface area (Å²) in [7, 11) is 0. The minimum absolute atomic E-state index is 0.124. The molecule has 0 heterocycles. The molecule has 0 fully saturated rings. The van der Waals surface area contributed by atoms with Gasteiger partial charge in [-0.1, -0.05) is 30.1 Å². The summed E-state index contributed by atoms with van der Waals surface area (Å²) in [6, 6.07) is 2.22. The number of benzene rings is 1. The van der Waals surface area contributed by atoms with Crippen LogP contribution in [0.2, 0.25) is 10.0 Å². The summed E-state index contributed by atoms with van der Waals surface area (Å²) >= 11 is 11.6. The average molecular weight is 327 g/mol. The van der Waals surface area contributed by atoms with E-state index in [2.05, 4.69) is 10.1 Å². The van der Waals surface area contributed by atoms with E-state index < -0.39 is 12.5 Å². The van der Waals surface area contributed by atoms with E-state index in [1.165, 1.54) is 12.1 Å². The van der Waals surface area contributed by atoms with Gasteiger partial charge in [-0.25, -0.2) is 0 Å². The van der Waals surface area contributed by atoms with Crippen LogP contribution in [-0.4, -0.2) is 18.6 Å². The normalized spacial score (nSPS) is 14.0. The van der Waals surface area contributed by atoms with Gasteiger partial charge in [0.05, 0.1) is 16.0 Å². The van der Waals surface area contributed by atoms with Gasteiger partial charge in [-0.2, -0.15) is 8.78 Å². The maximum absolute atomic E-state index is 12.2. The molecule has 3 N–H and O–H groups in total. The Balaban J connectivity index is 2.91. The maximum atomic E-state index is 12.2. The zero-order chi connectivity index (χ0) is 15.4. The molecule has 1 amide bonds. The van der Waals surface area contributed by atoms with Gasteiger partial charge in [0, 0.05) is 11.7 Å². The van der Waals surface area contributed by atoms with Crippen molar-refractivity contribution in [3.05, 3.63) is 22.2 Å². The Kier molecular flexibility index (Phi) is 5.98. The van der Waals surface area contributed by atoms with E-state index in [1.807, 2.05) is 0 Å². The molecule has 112 valence electrons. The molecule has 4 nitrogen and oxygen atoms in total. The standard InChI is InChI=1S/C12H14Cl2F2N2O2/c1-5(6(2)17)11(19)18-7-3-8(13)10(9(14)4-7)20-12(15)16/h3-6,12H,17H2,1-2H3,(H,18,19). The number of carbonyl (C=O) groups excluding carboxylic acids is 1. The van der Waals surface area contributed by atoms with Gasteiger partial charge >= 0.3 is 6.61 Å². The van der Waals surface area contributed by atoms with Crippen LogP contribution >= 0.6 is 23.2 Å². The number of amides is 1. The van der Waals surface area contributed by atoms with Gasteiger partial charge < -0.3 is 15.8 Å². The first kappa shape index (κ1) is 16.9. The number of nitrogens with two attached hydrogens (primary N) is 1. The molecule has 2 unspecified atom stereocenters. The van der Waals surface area contributed by atoms with Crippen LogP contribution in [0, 0.1) is 5.92 Å². The molecular formula is C12H14Cl2F2N2O2. The third kappa shape index (κ3) is 4.47. The van der Waals surface area contributed by atoms with Crippen LogP contribution in [-0.2, 0) is 4.79 Å². The van der Waals surface area contributed by atoms with E-state index in [4.69, 9.17) is 28.9 Å². The number of nitrogens with one attached hydrogen (secondary N) is 1. The van der Waals surface area contributed by atoms with Crippen LogP contribution in [0.4, 0.5) is 14.5 Å². The quantitative estimate of drug-likeness (QED) is 0.870. The van der Waals surface area contributed by atoms with Gasteiger partial charge in [0.15, 0.2) is 5.75 Å². The molecule has 1 aromatic rings. The molecule has 1 rings (SSSR count). The number of carbonyl (C=O) groups is 1. The van der Waals surface area contributed by atoms with Crippen LogP contribution in [0.15, 0.2) is 12.1 Å². The summed E-state index contributed by atoms with van der Waals surface area (Å²) in [5.41, 5.74) is 5.89. The lowest BCUT2D eigenvalue weighted by atomic mass is 10.0. The Labute approximate surface area is 125 Å². The second-order valence-electron chi connectivity index (χ2n) is 4.28. The third-order valence-electron chi connectivity index (χ3n) is 2.67. The third-order valence-corrected chi connectivity index (χ3v) is 3.24. The number of rotatable bonds is 5. The SMILES string of the molecule is CC(N)C(C)C(=O)Nc1cc(Cl)c(OC(F)F)c(Cl)c1. The van der Waals surface area contributed by atoms with Gasteiger partial charge in [-0.05, 0) is 19.1 Å². The number of alkyl halides is 2. The Hall–Kier alpha value is -1.11. The minimum atomic E-state index is -3.04. The highest BCUT2D eigenvalue weighted by molar-refractivity contribution is 6.37. The molecule has 0 aliphatic carbocycles. The molecule has 20 heavy (non-hydrogen) atoms. The number of anilines is 1. The lowest BCUT2D eigenvalue weighted by Crippen LogP contribution is -2.34. The summed E-state index contributed by atoms with van der Waals surface area (Å²) < 4.78 is 28.5. The predicted octanol–water partition coefficient (Wildman–Crippen LogP) is 3.52. The second kappa shape index (κ2) is 7.06. The fraction of sp³-hybridized carbons (Fsp3) is 0.417. The van der Waals surface area contributed by atoms with Crippen molar-refractivity contribution in [2.24, 2.45) is 11.7 Å². The van der Waals surface area contributed by atoms with Crippen molar-refractivity contribution in [3.8, 4) is 5.75 Å². The van der Waals surface area contributed by atoms with E-state index in [0.29, 0.717) is 0 Å². The van der Waals surface area contributed by atoms with Crippen molar-refractivity contribution in [2.75, 3.05) is 5.32 Å². The molecule has 0 aliphatic heterocycles. The van der Waals surface area contributed by atoms with Crippen LogP contribution in [0.1, 0.15) is 13.8 Å². The van der Waals surface area contributed by atoms with Gasteiger partial charge in [-0.3, -0.25) is 4.79 Å². The smallest absolute Gasteiger partial charge is 0.387 e. The number of hydrogen-bond acceptors (Lipinski definition) is 3. The van der Waals surface area contributed by atoms with Crippen molar-refractivity contribution in [3.63, 3.8) is 0 Å². The van der Waals surface area contributed by atoms with E-state index >= 15 is 0 Å². The summed E-state index contributed by atoms with van der Waals surface area (Å²) in [4.78, 5) is 11.8. The summed E-state index contributed by atoms with van der Waals surface area (Å²) in [5, 5.41) is 2.31. The molecule has 2 atom stereocenters. The number of ether oxygens (including phenoxy) is 1. The van der Waals surface area contributed by atoms with E-state index in [9.17, 15) is 13.6 Å². The van der Waals surface area contributed by atoms with E-state index in [1.54, 1.807) is 13.8 Å². The summed E-state index contributed by atoms with van der Waals surface area (Å²) in [6.45, 7) is 0.324. The van der Waals surface area contributed by atoms with Gasteiger partial charge in [0.25, 0.3) is 0 Å². The zero-order valence-corrected chi connectivity index (χ0v) is 12.3. The molecule has 0 aliphatic rings. The molecule has 0 saturated carbocycles. The highest BCUT2D eigenvalue weighted by atomic mass is 35.5. The van der Waals surface area contributed by atoms with E-state index in [0.717, 1.165) is 0 Å². The zero-order valence-electron chi connectivity index (χ0n) is 10.8. The first-order valence-electron chi connectivity index (χ1n) is 5.72. The van der Waals surface area contributed by atoms with Crippen LogP contribution in [0.3, 0.4) is 0 Å². The van der Waals surface area contributed by atoms with Crippen LogP contribution < -0.4 is 15.8 Å². The van der Waals surface area contributed by atoms with Crippen molar-refractivity contribution < 1.29 is 18.3 Å². The fourth-order valence-electron chi connectivity index (χ4n) is 1.33. The Morgan fingerprint density at radius 2 is 1.80 bits per heavy atom. The second-order valence-corrected chi connectivity index (χ2v) is 5.10. The summed E-state index contributed by atoms with van der Waals surface area (Å²) in [5.74, 6) is -1.08. The van der Waals surface area contributed by atoms with Crippen LogP contribution in [0.5, 0.6) is 5.75 Å². The van der Waals surface area contributed by atoms with Crippen molar-refractivity contribution >= 4 is 34.8 Å². The lowest BCUT2D eigenvalue weighted by molar-refractivity contribution is -0.119. The first-order chi connectivity index (χ1) is 9.22. The highest BCUT2D eigenvalue weighted by Gasteiger charge is 2.19. The highest BCUT2D eigenvalue weighted by Crippen LogP contribution is 2.37. The topological polar surface area (TPSA) is 64.4 Å². The lowest BCUT2D eigenvalue weighted by Gasteiger charge is -2.16. The Morgan fingerprint density at radius 3 is 2.20 bits per heavy atom. The van der Waals surface area contributed by atoms with Crippen molar-refractivity contribution in [1.29, 1.82) is 0 Å². The van der Waals surface area contributed by atoms with Gasteiger partial charge in [-0.15, -0.1) is 0 Å². The van der Waals surface area contributed by atoms with Gasteiger partial charge in [0.2, 0.25) is 5.91 Å².